The van der Waals surface area contributed by atoms with Crippen molar-refractivity contribution < 1.29 is 18.3 Å². The van der Waals surface area contributed by atoms with Crippen molar-refractivity contribution in [2.45, 2.75) is 31.5 Å². The Morgan fingerprint density at radius 2 is 1.71 bits per heavy atom. The lowest BCUT2D eigenvalue weighted by Crippen LogP contribution is -2.46. The largest absolute Gasteiger partial charge is 0.422 e. The van der Waals surface area contributed by atoms with Gasteiger partial charge >= 0.3 is 6.18 Å². The second-order valence-electron chi connectivity index (χ2n) is 5.08. The highest BCUT2D eigenvalue weighted by Crippen LogP contribution is 2.48. The van der Waals surface area contributed by atoms with Gasteiger partial charge in [0.2, 0.25) is 0 Å². The van der Waals surface area contributed by atoms with Crippen LogP contribution in [0.3, 0.4) is 0 Å². The maximum absolute atomic E-state index is 13.6. The van der Waals surface area contributed by atoms with E-state index in [1.165, 1.54) is 25.3 Å². The van der Waals surface area contributed by atoms with Gasteiger partial charge in [-0.2, -0.15) is 13.2 Å². The molecular weight excluding hydrogens is 279 g/mol. The summed E-state index contributed by atoms with van der Waals surface area (Å²) in [5.41, 5.74) is -2.30. The van der Waals surface area contributed by atoms with Crippen LogP contribution in [0.1, 0.15) is 29.7 Å². The van der Waals surface area contributed by atoms with Crippen LogP contribution in [-0.2, 0) is 5.60 Å². The predicted molar refractivity (Wildman–Crippen MR) is 73.8 cm³/mol. The third-order valence-corrected chi connectivity index (χ3v) is 3.70. The highest BCUT2D eigenvalue weighted by molar-refractivity contribution is 5.32. The standard InChI is InChI=1S/C16H16F3NO/c1-11-10-14(8-9-20-11)15(21,16(17,18)19)12(2)13-6-4-3-5-7-13/h3-10,12,21H,1-2H3. The van der Waals surface area contributed by atoms with Crippen LogP contribution in [0.5, 0.6) is 0 Å². The van der Waals surface area contributed by atoms with E-state index in [1.54, 1.807) is 37.3 Å². The van der Waals surface area contributed by atoms with E-state index in [2.05, 4.69) is 4.98 Å². The predicted octanol–water partition coefficient (Wildman–Crippen LogP) is 3.94. The molecule has 2 nitrogen and oxygen atoms in total. The van der Waals surface area contributed by atoms with Gasteiger partial charge in [0.05, 0.1) is 0 Å². The zero-order chi connectivity index (χ0) is 15.7. The molecule has 0 radical (unpaired) electrons. The van der Waals surface area contributed by atoms with Crippen molar-refractivity contribution in [3.63, 3.8) is 0 Å². The van der Waals surface area contributed by atoms with Gasteiger partial charge in [0.25, 0.3) is 0 Å². The molecule has 2 atom stereocenters. The van der Waals surface area contributed by atoms with Crippen molar-refractivity contribution in [2.75, 3.05) is 0 Å². The molecule has 2 unspecified atom stereocenters. The lowest BCUT2D eigenvalue weighted by Gasteiger charge is -2.36. The van der Waals surface area contributed by atoms with Crippen molar-refractivity contribution in [1.29, 1.82) is 0 Å². The molecule has 1 N–H and O–H groups in total. The molecule has 21 heavy (non-hydrogen) atoms. The zero-order valence-electron chi connectivity index (χ0n) is 11.7. The highest BCUT2D eigenvalue weighted by Gasteiger charge is 2.58. The molecule has 2 aromatic rings. The van der Waals surface area contributed by atoms with E-state index < -0.39 is 17.7 Å². The topological polar surface area (TPSA) is 33.1 Å². The number of alkyl halides is 3. The van der Waals surface area contributed by atoms with Crippen molar-refractivity contribution in [1.82, 2.24) is 4.98 Å². The Bertz CT molecular complexity index is 612. The molecule has 0 aliphatic heterocycles. The van der Waals surface area contributed by atoms with E-state index in [4.69, 9.17) is 0 Å². The number of aliphatic hydroxyl groups is 1. The molecular formula is C16H16F3NO. The molecule has 0 aliphatic rings. The third-order valence-electron chi connectivity index (χ3n) is 3.70. The van der Waals surface area contributed by atoms with Crippen molar-refractivity contribution >= 4 is 0 Å². The molecule has 5 heteroatoms. The lowest BCUT2D eigenvalue weighted by molar-refractivity contribution is -0.274. The summed E-state index contributed by atoms with van der Waals surface area (Å²) in [6.45, 7) is 2.96. The number of hydrogen-bond donors (Lipinski definition) is 1. The second kappa shape index (κ2) is 5.48. The first-order valence-electron chi connectivity index (χ1n) is 6.54. The van der Waals surface area contributed by atoms with E-state index >= 15 is 0 Å². The number of pyridine rings is 1. The number of halogens is 3. The van der Waals surface area contributed by atoms with Gasteiger partial charge in [-0.05, 0) is 30.2 Å². The number of aryl methyl sites for hydroxylation is 1. The number of benzene rings is 1. The fourth-order valence-electron chi connectivity index (χ4n) is 2.42. The van der Waals surface area contributed by atoms with Crippen LogP contribution >= 0.6 is 0 Å². The number of nitrogens with zero attached hydrogens (tertiary/aromatic N) is 1. The average molecular weight is 295 g/mol. The van der Waals surface area contributed by atoms with Crippen LogP contribution in [0.2, 0.25) is 0 Å². The van der Waals surface area contributed by atoms with E-state index in [1.807, 2.05) is 0 Å². The maximum Gasteiger partial charge on any atom is 0.422 e. The molecule has 0 saturated heterocycles. The van der Waals surface area contributed by atoms with Crippen LogP contribution in [-0.4, -0.2) is 16.3 Å². The van der Waals surface area contributed by atoms with Crippen molar-refractivity contribution in [3.05, 3.63) is 65.5 Å². The van der Waals surface area contributed by atoms with Crippen molar-refractivity contribution in [3.8, 4) is 0 Å². The normalized spacial score (nSPS) is 16.3. The van der Waals surface area contributed by atoms with E-state index in [-0.39, 0.29) is 5.56 Å². The summed E-state index contributed by atoms with van der Waals surface area (Å²) in [4.78, 5) is 3.89. The maximum atomic E-state index is 13.6. The minimum absolute atomic E-state index is 0.196. The number of rotatable bonds is 3. The quantitative estimate of drug-likeness (QED) is 0.930. The minimum Gasteiger partial charge on any atom is -0.376 e. The Kier molecular flexibility index (Phi) is 4.05. The Hall–Kier alpha value is -1.88. The first-order valence-corrected chi connectivity index (χ1v) is 6.54. The lowest BCUT2D eigenvalue weighted by atomic mass is 9.78. The fraction of sp³-hybridized carbons (Fsp3) is 0.312. The van der Waals surface area contributed by atoms with Gasteiger partial charge in [-0.1, -0.05) is 37.3 Å². The zero-order valence-corrected chi connectivity index (χ0v) is 11.7. The smallest absolute Gasteiger partial charge is 0.376 e. The SMILES string of the molecule is Cc1cc(C(O)(C(C)c2ccccc2)C(F)(F)F)ccn1. The minimum atomic E-state index is -4.80. The summed E-state index contributed by atoms with van der Waals surface area (Å²) < 4.78 is 40.8. The summed E-state index contributed by atoms with van der Waals surface area (Å²) in [5, 5.41) is 10.5. The Morgan fingerprint density at radius 3 is 2.24 bits per heavy atom. The van der Waals surface area contributed by atoms with Crippen molar-refractivity contribution in [2.24, 2.45) is 0 Å². The molecule has 1 heterocycles. The third kappa shape index (κ3) is 2.78. The van der Waals surface area contributed by atoms with Gasteiger partial charge in [-0.25, -0.2) is 0 Å². The summed E-state index contributed by atoms with van der Waals surface area (Å²) in [6, 6.07) is 10.7. The van der Waals surface area contributed by atoms with Gasteiger partial charge in [-0.15, -0.1) is 0 Å². The van der Waals surface area contributed by atoms with Gasteiger partial charge in [0, 0.05) is 17.8 Å². The molecule has 1 aromatic heterocycles. The summed E-state index contributed by atoms with van der Waals surface area (Å²) in [5.74, 6) is -1.14. The molecule has 0 bridgehead atoms. The molecule has 0 spiro atoms. The van der Waals surface area contributed by atoms with Crippen LogP contribution in [0.4, 0.5) is 13.2 Å². The van der Waals surface area contributed by atoms with Crippen LogP contribution in [0.25, 0.3) is 0 Å². The number of hydrogen-bond acceptors (Lipinski definition) is 2. The Labute approximate surface area is 121 Å². The van der Waals surface area contributed by atoms with Crippen LogP contribution < -0.4 is 0 Å². The van der Waals surface area contributed by atoms with E-state index in [0.29, 0.717) is 11.3 Å². The second-order valence-corrected chi connectivity index (χ2v) is 5.08. The van der Waals surface area contributed by atoms with Gasteiger partial charge in [0.1, 0.15) is 0 Å². The van der Waals surface area contributed by atoms with Gasteiger partial charge in [-0.3, -0.25) is 4.98 Å². The monoisotopic (exact) mass is 295 g/mol. The molecule has 2 rings (SSSR count). The average Bonchev–Trinajstić information content (AvgIpc) is 2.45. The Morgan fingerprint density at radius 1 is 1.10 bits per heavy atom. The first kappa shape index (κ1) is 15.5. The van der Waals surface area contributed by atoms with Gasteiger partial charge < -0.3 is 5.11 Å². The molecule has 112 valence electrons. The summed E-state index contributed by atoms with van der Waals surface area (Å²) in [6.07, 6.45) is -3.52. The van der Waals surface area contributed by atoms with Crippen LogP contribution in [0.15, 0.2) is 48.7 Å². The molecule has 1 aromatic carbocycles. The van der Waals surface area contributed by atoms with Gasteiger partial charge in [0.15, 0.2) is 5.60 Å². The first-order chi connectivity index (χ1) is 9.76. The Balaban J connectivity index is 2.58. The highest BCUT2D eigenvalue weighted by atomic mass is 19.4. The molecule has 0 amide bonds. The van der Waals surface area contributed by atoms with E-state index in [9.17, 15) is 18.3 Å². The summed E-state index contributed by atoms with van der Waals surface area (Å²) in [7, 11) is 0. The van der Waals surface area contributed by atoms with E-state index in [0.717, 1.165) is 0 Å². The summed E-state index contributed by atoms with van der Waals surface area (Å²) >= 11 is 0. The molecule has 0 saturated carbocycles. The molecule has 0 fully saturated rings. The fourth-order valence-corrected chi connectivity index (χ4v) is 2.42. The van der Waals surface area contributed by atoms with Crippen LogP contribution in [0, 0.1) is 6.92 Å². The molecule has 0 aliphatic carbocycles. The number of aromatic nitrogens is 1.